The predicted octanol–water partition coefficient (Wildman–Crippen LogP) is 6.02. The molecule has 2 aromatic carbocycles. The van der Waals surface area contributed by atoms with Gasteiger partial charge in [0.1, 0.15) is 5.75 Å². The van der Waals surface area contributed by atoms with Crippen LogP contribution in [0.5, 0.6) is 5.75 Å². The summed E-state index contributed by atoms with van der Waals surface area (Å²) in [5.74, 6) is 0.231. The molecule has 0 aliphatic heterocycles. The van der Waals surface area contributed by atoms with E-state index in [0.29, 0.717) is 27.9 Å². The number of hydrogen-bond acceptors (Lipinski definition) is 5. The Balaban J connectivity index is 1.70. The van der Waals surface area contributed by atoms with Gasteiger partial charge in [-0.25, -0.2) is 4.79 Å². The predicted molar refractivity (Wildman–Crippen MR) is 109 cm³/mol. The van der Waals surface area contributed by atoms with Crippen LogP contribution < -0.4 is 4.74 Å². The van der Waals surface area contributed by atoms with Crippen molar-refractivity contribution in [2.24, 2.45) is 0 Å². The number of aromatic nitrogens is 1. The molecule has 0 radical (unpaired) electrons. The molecular weight excluding hydrogens is 405 g/mol. The van der Waals surface area contributed by atoms with Gasteiger partial charge in [0.25, 0.3) is 0 Å². The lowest BCUT2D eigenvalue weighted by atomic mass is 10.2. The topological polar surface area (TPSA) is 48.4 Å². The molecule has 140 valence electrons. The highest BCUT2D eigenvalue weighted by molar-refractivity contribution is 7.99. The van der Waals surface area contributed by atoms with E-state index < -0.39 is 6.10 Å². The Morgan fingerprint density at radius 1 is 1.15 bits per heavy atom. The first-order valence-corrected chi connectivity index (χ1v) is 9.90. The van der Waals surface area contributed by atoms with E-state index in [-0.39, 0.29) is 5.97 Å². The van der Waals surface area contributed by atoms with Gasteiger partial charge in [-0.2, -0.15) is 0 Å². The number of esters is 1. The molecule has 0 saturated heterocycles. The third-order valence-electron chi connectivity index (χ3n) is 3.71. The van der Waals surface area contributed by atoms with Crippen LogP contribution in [-0.2, 0) is 9.53 Å². The number of ether oxygens (including phenoxy) is 2. The van der Waals surface area contributed by atoms with Crippen molar-refractivity contribution in [3.8, 4) is 5.75 Å². The quantitative estimate of drug-likeness (QED) is 0.455. The lowest BCUT2D eigenvalue weighted by Crippen LogP contribution is -2.25. The highest BCUT2D eigenvalue weighted by Crippen LogP contribution is 2.34. The molecular formula is C20H17Cl2NO3S. The fraction of sp³-hybridized carbons (Fsp3) is 0.200. The molecule has 3 rings (SSSR count). The van der Waals surface area contributed by atoms with Crippen molar-refractivity contribution in [2.45, 2.75) is 29.7 Å². The fourth-order valence-corrected chi connectivity index (χ4v) is 3.62. The average Bonchev–Trinajstić information content (AvgIpc) is 2.66. The number of benzene rings is 2. The minimum absolute atomic E-state index is 0.333. The van der Waals surface area contributed by atoms with Crippen molar-refractivity contribution < 1.29 is 14.3 Å². The van der Waals surface area contributed by atoms with Gasteiger partial charge in [-0.15, -0.1) is 0 Å². The van der Waals surface area contributed by atoms with Gasteiger partial charge in [0.2, 0.25) is 0 Å². The molecule has 0 bridgehead atoms. The number of carbonyl (C=O) groups is 1. The van der Waals surface area contributed by atoms with Crippen LogP contribution >= 0.6 is 35.0 Å². The first kappa shape index (κ1) is 19.8. The van der Waals surface area contributed by atoms with E-state index in [1.54, 1.807) is 37.9 Å². The molecule has 7 heteroatoms. The van der Waals surface area contributed by atoms with Crippen molar-refractivity contribution in [1.29, 1.82) is 0 Å². The van der Waals surface area contributed by atoms with E-state index in [2.05, 4.69) is 4.98 Å². The minimum atomic E-state index is -0.648. The third-order valence-corrected chi connectivity index (χ3v) is 5.47. The van der Waals surface area contributed by atoms with Gasteiger partial charge in [-0.1, -0.05) is 41.0 Å². The number of hydrogen-bond donors (Lipinski definition) is 0. The number of halogens is 2. The van der Waals surface area contributed by atoms with Crippen LogP contribution in [0.1, 0.15) is 13.8 Å². The lowest BCUT2D eigenvalue weighted by Gasteiger charge is -2.13. The summed E-state index contributed by atoms with van der Waals surface area (Å²) >= 11 is 13.8. The van der Waals surface area contributed by atoms with E-state index in [1.165, 1.54) is 0 Å². The summed E-state index contributed by atoms with van der Waals surface area (Å²) in [5.41, 5.74) is 0.685. The fourth-order valence-electron chi connectivity index (χ4n) is 2.41. The summed E-state index contributed by atoms with van der Waals surface area (Å²) in [4.78, 5) is 18.1. The van der Waals surface area contributed by atoms with E-state index in [1.807, 2.05) is 36.4 Å². The van der Waals surface area contributed by atoms with Gasteiger partial charge in [-0.3, -0.25) is 4.98 Å². The Bertz CT molecular complexity index is 963. The summed E-state index contributed by atoms with van der Waals surface area (Å²) in [7, 11) is 0. The molecule has 3 aromatic rings. The van der Waals surface area contributed by atoms with Crippen LogP contribution in [0.25, 0.3) is 10.9 Å². The summed E-state index contributed by atoms with van der Waals surface area (Å²) in [5, 5.41) is 1.88. The van der Waals surface area contributed by atoms with Crippen LogP contribution in [0.4, 0.5) is 0 Å². The van der Waals surface area contributed by atoms with Gasteiger partial charge in [0.15, 0.2) is 6.10 Å². The smallest absolute Gasteiger partial charge is 0.347 e. The molecule has 0 aliphatic rings. The Morgan fingerprint density at radius 3 is 2.59 bits per heavy atom. The second-order valence-corrected chi connectivity index (χ2v) is 7.62. The molecule has 0 amide bonds. The maximum absolute atomic E-state index is 11.6. The highest BCUT2D eigenvalue weighted by Gasteiger charge is 2.15. The van der Waals surface area contributed by atoms with Gasteiger partial charge >= 0.3 is 5.97 Å². The molecule has 0 aliphatic carbocycles. The van der Waals surface area contributed by atoms with Crippen LogP contribution in [-0.4, -0.2) is 23.7 Å². The van der Waals surface area contributed by atoms with Crippen molar-refractivity contribution in [3.63, 3.8) is 0 Å². The molecule has 1 atom stereocenters. The van der Waals surface area contributed by atoms with E-state index in [9.17, 15) is 4.79 Å². The first-order valence-electron chi connectivity index (χ1n) is 8.33. The molecule has 4 nitrogen and oxygen atoms in total. The van der Waals surface area contributed by atoms with Gasteiger partial charge in [0.05, 0.1) is 22.2 Å². The van der Waals surface area contributed by atoms with E-state index in [0.717, 1.165) is 15.2 Å². The summed E-state index contributed by atoms with van der Waals surface area (Å²) < 4.78 is 10.5. The number of rotatable bonds is 6. The monoisotopic (exact) mass is 421 g/mol. The summed E-state index contributed by atoms with van der Waals surface area (Å²) in [6.45, 7) is 3.76. The number of nitrogens with zero attached hydrogens (tertiary/aromatic N) is 1. The number of carbonyl (C=O) groups excluding carboxylic acids is 1. The molecule has 1 heterocycles. The molecule has 1 aromatic heterocycles. The maximum atomic E-state index is 11.6. The second-order valence-electron chi connectivity index (χ2n) is 5.69. The Kier molecular flexibility index (Phi) is 6.47. The summed E-state index contributed by atoms with van der Waals surface area (Å²) in [6, 6.07) is 13.2. The normalized spacial score (nSPS) is 12.0. The molecule has 0 N–H and O–H groups in total. The van der Waals surface area contributed by atoms with Crippen LogP contribution in [0.3, 0.4) is 0 Å². The lowest BCUT2D eigenvalue weighted by molar-refractivity contribution is -0.150. The van der Waals surface area contributed by atoms with Crippen LogP contribution in [0.15, 0.2) is 58.5 Å². The average molecular weight is 422 g/mol. The zero-order valence-corrected chi connectivity index (χ0v) is 17.1. The maximum Gasteiger partial charge on any atom is 0.347 e. The van der Waals surface area contributed by atoms with Crippen molar-refractivity contribution >= 4 is 51.8 Å². The Morgan fingerprint density at radius 2 is 1.89 bits per heavy atom. The molecule has 0 saturated carbocycles. The number of fused-ring (bicyclic) bond motifs is 1. The SMILES string of the molecule is CCOC(=O)C(C)Oc1ccc(Sc2cnc3c(Cl)c(Cl)ccc3c2)cc1. The molecule has 1 unspecified atom stereocenters. The van der Waals surface area contributed by atoms with E-state index >= 15 is 0 Å². The highest BCUT2D eigenvalue weighted by atomic mass is 35.5. The van der Waals surface area contributed by atoms with Crippen molar-refractivity contribution in [1.82, 2.24) is 4.98 Å². The standard InChI is InChI=1S/C20H17Cl2NO3S/c1-3-25-20(24)12(2)26-14-5-7-15(8-6-14)27-16-10-13-4-9-17(21)18(22)19(13)23-11-16/h4-12H,3H2,1-2H3. The zero-order valence-electron chi connectivity index (χ0n) is 14.7. The van der Waals surface area contributed by atoms with Crippen molar-refractivity contribution in [3.05, 3.63) is 58.7 Å². The second kappa shape index (κ2) is 8.83. The summed E-state index contributed by atoms with van der Waals surface area (Å²) in [6.07, 6.45) is 1.12. The number of pyridine rings is 1. The van der Waals surface area contributed by atoms with Gasteiger partial charge in [0, 0.05) is 21.4 Å². The third kappa shape index (κ3) is 4.86. The Labute approximate surface area is 171 Å². The molecule has 0 spiro atoms. The Hall–Kier alpha value is -1.95. The van der Waals surface area contributed by atoms with E-state index in [4.69, 9.17) is 32.7 Å². The van der Waals surface area contributed by atoms with Gasteiger partial charge in [-0.05, 0) is 50.2 Å². The molecule has 27 heavy (non-hydrogen) atoms. The largest absolute Gasteiger partial charge is 0.479 e. The molecule has 0 fully saturated rings. The van der Waals surface area contributed by atoms with Crippen LogP contribution in [0, 0.1) is 0 Å². The first-order chi connectivity index (χ1) is 13.0. The van der Waals surface area contributed by atoms with Crippen molar-refractivity contribution in [2.75, 3.05) is 6.61 Å². The van der Waals surface area contributed by atoms with Gasteiger partial charge < -0.3 is 9.47 Å². The van der Waals surface area contributed by atoms with Crippen LogP contribution in [0.2, 0.25) is 10.0 Å². The minimum Gasteiger partial charge on any atom is -0.479 e. The zero-order chi connectivity index (χ0) is 19.4.